The lowest BCUT2D eigenvalue weighted by Crippen LogP contribution is -2.22. The number of rotatable bonds is 4. The van der Waals surface area contributed by atoms with E-state index in [2.05, 4.69) is 0 Å². The van der Waals surface area contributed by atoms with Crippen LogP contribution in [0.15, 0.2) is 6.07 Å². The minimum absolute atomic E-state index is 0.102. The molecule has 0 spiro atoms. The van der Waals surface area contributed by atoms with Crippen LogP contribution in [0.25, 0.3) is 0 Å². The average Bonchev–Trinajstić information content (AvgIpc) is 2.25. The molecule has 1 aromatic rings. The molecule has 0 saturated heterocycles. The van der Waals surface area contributed by atoms with Gasteiger partial charge in [-0.25, -0.2) is 0 Å². The van der Waals surface area contributed by atoms with Crippen molar-refractivity contribution in [2.24, 2.45) is 5.73 Å². The van der Waals surface area contributed by atoms with E-state index in [1.807, 2.05) is 0 Å². The monoisotopic (exact) mass is 259 g/mol. The van der Waals surface area contributed by atoms with Crippen molar-refractivity contribution in [3.8, 4) is 11.5 Å². The van der Waals surface area contributed by atoms with E-state index in [0.717, 1.165) is 0 Å². The molecule has 0 aliphatic carbocycles. The lowest BCUT2D eigenvalue weighted by molar-refractivity contribution is -0.138. The third kappa shape index (κ3) is 2.45. The maximum atomic E-state index is 11.1. The summed E-state index contributed by atoms with van der Waals surface area (Å²) < 4.78 is 5.02. The van der Waals surface area contributed by atoms with Gasteiger partial charge in [0, 0.05) is 23.2 Å². The molecule has 6 heteroatoms. The number of hydrogen-bond acceptors (Lipinski definition) is 4. The van der Waals surface area contributed by atoms with E-state index in [1.165, 1.54) is 13.2 Å². The largest absolute Gasteiger partial charge is 0.504 e. The Bertz CT molecular complexity index is 448. The zero-order valence-electron chi connectivity index (χ0n) is 9.53. The standard InChI is InChI=1S/C11H14ClNO4/c1-5-7(12)3-8(14)10(17-2)9(5)6(4-13)11(15)16/h3,6,14H,4,13H2,1-2H3,(H,15,16). The number of aliphatic carboxylic acids is 1. The molecule has 94 valence electrons. The highest BCUT2D eigenvalue weighted by atomic mass is 35.5. The summed E-state index contributed by atoms with van der Waals surface area (Å²) in [6.45, 7) is 1.55. The van der Waals surface area contributed by atoms with E-state index in [1.54, 1.807) is 6.92 Å². The molecule has 0 aliphatic heterocycles. The van der Waals surface area contributed by atoms with Crippen molar-refractivity contribution >= 4 is 17.6 Å². The van der Waals surface area contributed by atoms with Crippen molar-refractivity contribution < 1.29 is 19.7 Å². The first kappa shape index (κ1) is 13.6. The Kier molecular flexibility index (Phi) is 4.20. The smallest absolute Gasteiger partial charge is 0.312 e. The van der Waals surface area contributed by atoms with E-state index in [4.69, 9.17) is 27.2 Å². The van der Waals surface area contributed by atoms with Crippen molar-refractivity contribution in [2.75, 3.05) is 13.7 Å². The van der Waals surface area contributed by atoms with Crippen LogP contribution in [0.4, 0.5) is 0 Å². The summed E-state index contributed by atoms with van der Waals surface area (Å²) >= 11 is 5.90. The van der Waals surface area contributed by atoms with Crippen LogP contribution in [0.5, 0.6) is 11.5 Å². The first-order valence-electron chi connectivity index (χ1n) is 4.92. The van der Waals surface area contributed by atoms with Gasteiger partial charge in [0.2, 0.25) is 0 Å². The summed E-state index contributed by atoms with van der Waals surface area (Å²) in [4.78, 5) is 11.1. The van der Waals surface area contributed by atoms with Gasteiger partial charge >= 0.3 is 5.97 Å². The van der Waals surface area contributed by atoms with Gasteiger partial charge in [0.15, 0.2) is 11.5 Å². The fourth-order valence-electron chi connectivity index (χ4n) is 1.71. The third-order valence-corrected chi connectivity index (χ3v) is 2.98. The first-order chi connectivity index (χ1) is 7.93. The van der Waals surface area contributed by atoms with Gasteiger partial charge in [0.05, 0.1) is 13.0 Å². The lowest BCUT2D eigenvalue weighted by Gasteiger charge is -2.19. The summed E-state index contributed by atoms with van der Waals surface area (Å²) in [6.07, 6.45) is 0. The second-order valence-corrected chi connectivity index (χ2v) is 3.98. The molecular formula is C11H14ClNO4. The minimum atomic E-state index is -1.09. The Morgan fingerprint density at radius 3 is 2.65 bits per heavy atom. The maximum absolute atomic E-state index is 11.1. The van der Waals surface area contributed by atoms with Gasteiger partial charge in [0.25, 0.3) is 0 Å². The zero-order valence-corrected chi connectivity index (χ0v) is 10.3. The molecule has 0 heterocycles. The minimum Gasteiger partial charge on any atom is -0.504 e. The van der Waals surface area contributed by atoms with Gasteiger partial charge < -0.3 is 20.7 Å². The van der Waals surface area contributed by atoms with Crippen molar-refractivity contribution in [2.45, 2.75) is 12.8 Å². The number of carboxylic acids is 1. The molecule has 0 aliphatic rings. The van der Waals surface area contributed by atoms with Crippen LogP contribution in [-0.4, -0.2) is 29.8 Å². The topological polar surface area (TPSA) is 92.8 Å². The molecular weight excluding hydrogens is 246 g/mol. The van der Waals surface area contributed by atoms with E-state index in [0.29, 0.717) is 11.1 Å². The van der Waals surface area contributed by atoms with Crippen molar-refractivity contribution in [3.63, 3.8) is 0 Å². The molecule has 0 saturated carbocycles. The number of nitrogens with two attached hydrogens (primary N) is 1. The summed E-state index contributed by atoms with van der Waals surface area (Å²) in [7, 11) is 1.35. The predicted molar refractivity (Wildman–Crippen MR) is 63.8 cm³/mol. The molecule has 1 aromatic carbocycles. The molecule has 0 radical (unpaired) electrons. The Morgan fingerprint density at radius 2 is 2.24 bits per heavy atom. The number of carboxylic acid groups (broad SMARTS) is 1. The molecule has 1 atom stereocenters. The molecule has 17 heavy (non-hydrogen) atoms. The summed E-state index contributed by atoms with van der Waals surface area (Å²) in [6, 6.07) is 1.31. The Labute approximate surface area is 104 Å². The molecule has 0 fully saturated rings. The van der Waals surface area contributed by atoms with Crippen molar-refractivity contribution in [1.29, 1.82) is 0 Å². The van der Waals surface area contributed by atoms with Crippen LogP contribution >= 0.6 is 11.6 Å². The molecule has 0 aromatic heterocycles. The first-order valence-corrected chi connectivity index (χ1v) is 5.30. The van der Waals surface area contributed by atoms with E-state index in [-0.39, 0.29) is 23.1 Å². The molecule has 0 amide bonds. The number of methoxy groups -OCH3 is 1. The molecule has 5 nitrogen and oxygen atoms in total. The lowest BCUT2D eigenvalue weighted by atomic mass is 9.93. The number of halogens is 1. The predicted octanol–water partition coefficient (Wildman–Crippen LogP) is 1.49. The van der Waals surface area contributed by atoms with Gasteiger partial charge in [-0.2, -0.15) is 0 Å². The van der Waals surface area contributed by atoms with Crippen LogP contribution in [0.2, 0.25) is 5.02 Å². The molecule has 1 rings (SSSR count). The second-order valence-electron chi connectivity index (χ2n) is 3.58. The quantitative estimate of drug-likeness (QED) is 0.762. The fraction of sp³-hybridized carbons (Fsp3) is 0.364. The van der Waals surface area contributed by atoms with Crippen molar-refractivity contribution in [1.82, 2.24) is 0 Å². The number of phenolic OH excluding ortho intramolecular Hbond substituents is 1. The highest BCUT2D eigenvalue weighted by Gasteiger charge is 2.27. The van der Waals surface area contributed by atoms with Crippen LogP contribution in [0.1, 0.15) is 17.0 Å². The number of aromatic hydroxyl groups is 1. The van der Waals surface area contributed by atoms with Crippen molar-refractivity contribution in [3.05, 3.63) is 22.2 Å². The van der Waals surface area contributed by atoms with Gasteiger partial charge in [-0.05, 0) is 12.5 Å². The van der Waals surface area contributed by atoms with Crippen LogP contribution in [-0.2, 0) is 4.79 Å². The zero-order chi connectivity index (χ0) is 13.2. The van der Waals surface area contributed by atoms with Gasteiger partial charge in [-0.15, -0.1) is 0 Å². The summed E-state index contributed by atoms with van der Waals surface area (Å²) in [5.41, 5.74) is 6.29. The van der Waals surface area contributed by atoms with Crippen LogP contribution < -0.4 is 10.5 Å². The van der Waals surface area contributed by atoms with Gasteiger partial charge in [0.1, 0.15) is 0 Å². The van der Waals surface area contributed by atoms with Gasteiger partial charge in [-0.3, -0.25) is 4.79 Å². The highest BCUT2D eigenvalue weighted by molar-refractivity contribution is 6.31. The maximum Gasteiger partial charge on any atom is 0.312 e. The Morgan fingerprint density at radius 1 is 1.65 bits per heavy atom. The number of hydrogen-bond donors (Lipinski definition) is 3. The van der Waals surface area contributed by atoms with Crippen LogP contribution in [0, 0.1) is 6.92 Å². The van der Waals surface area contributed by atoms with Gasteiger partial charge in [-0.1, -0.05) is 11.6 Å². The molecule has 4 N–H and O–H groups in total. The highest BCUT2D eigenvalue weighted by Crippen LogP contribution is 2.40. The van der Waals surface area contributed by atoms with E-state index in [9.17, 15) is 9.90 Å². The van der Waals surface area contributed by atoms with Crippen LogP contribution in [0.3, 0.4) is 0 Å². The average molecular weight is 260 g/mol. The van der Waals surface area contributed by atoms with E-state index >= 15 is 0 Å². The molecule has 1 unspecified atom stereocenters. The summed E-state index contributed by atoms with van der Waals surface area (Å²) in [5.74, 6) is -2.15. The van der Waals surface area contributed by atoms with E-state index < -0.39 is 11.9 Å². The third-order valence-electron chi connectivity index (χ3n) is 2.59. The Hall–Kier alpha value is -1.46. The number of ether oxygens (including phenoxy) is 1. The Balaban J connectivity index is 3.53. The normalized spacial score (nSPS) is 12.2. The second kappa shape index (κ2) is 5.25. The SMILES string of the molecule is COc1c(O)cc(Cl)c(C)c1C(CN)C(=O)O. The number of carbonyl (C=O) groups is 1. The number of benzene rings is 1. The molecule has 0 bridgehead atoms. The number of phenols is 1. The summed E-state index contributed by atoms with van der Waals surface area (Å²) in [5, 5.41) is 19.0. The fourth-order valence-corrected chi connectivity index (χ4v) is 1.91.